The standard InChI is InChI=1S/C18H26N6/c1-23(2)18-21-16(20-17(19)22-18)13-24-10-8-15(9-11-24)12-14-6-4-3-5-7-14/h3-7,15H,8-13H2,1-2H3,(H2,19,20,21,22). The number of rotatable bonds is 5. The van der Waals surface area contributed by atoms with Crippen LogP contribution in [0, 0.1) is 5.92 Å². The lowest BCUT2D eigenvalue weighted by Gasteiger charge is -2.31. The topological polar surface area (TPSA) is 71.2 Å². The molecule has 0 atom stereocenters. The van der Waals surface area contributed by atoms with Crippen molar-refractivity contribution < 1.29 is 0 Å². The molecule has 1 aliphatic heterocycles. The summed E-state index contributed by atoms with van der Waals surface area (Å²) in [7, 11) is 3.82. The van der Waals surface area contributed by atoms with E-state index >= 15 is 0 Å². The first-order chi connectivity index (χ1) is 11.6. The van der Waals surface area contributed by atoms with Gasteiger partial charge in [0.05, 0.1) is 6.54 Å². The Labute approximate surface area is 143 Å². The van der Waals surface area contributed by atoms with E-state index in [1.54, 1.807) is 0 Å². The molecule has 128 valence electrons. The molecule has 1 aliphatic rings. The molecule has 1 aromatic carbocycles. The van der Waals surface area contributed by atoms with Crippen LogP contribution in [0.3, 0.4) is 0 Å². The Morgan fingerprint density at radius 3 is 2.46 bits per heavy atom. The van der Waals surface area contributed by atoms with Crippen LogP contribution < -0.4 is 10.6 Å². The highest BCUT2D eigenvalue weighted by Crippen LogP contribution is 2.22. The number of nitrogens with two attached hydrogens (primary N) is 1. The summed E-state index contributed by atoms with van der Waals surface area (Å²) in [4.78, 5) is 17.2. The first kappa shape index (κ1) is 16.6. The molecule has 0 unspecified atom stereocenters. The van der Waals surface area contributed by atoms with Gasteiger partial charge in [-0.2, -0.15) is 15.0 Å². The number of aromatic nitrogens is 3. The highest BCUT2D eigenvalue weighted by molar-refractivity contribution is 5.32. The maximum atomic E-state index is 5.80. The molecule has 2 N–H and O–H groups in total. The number of likely N-dealkylation sites (tertiary alicyclic amines) is 1. The van der Waals surface area contributed by atoms with Crippen molar-refractivity contribution in [1.29, 1.82) is 0 Å². The third-order valence-corrected chi connectivity index (χ3v) is 4.53. The van der Waals surface area contributed by atoms with Crippen molar-refractivity contribution in [2.24, 2.45) is 5.92 Å². The molecule has 2 heterocycles. The SMILES string of the molecule is CN(C)c1nc(N)nc(CN2CCC(Cc3ccccc3)CC2)n1. The van der Waals surface area contributed by atoms with E-state index in [1.807, 2.05) is 19.0 Å². The second-order valence-electron chi connectivity index (χ2n) is 6.71. The van der Waals surface area contributed by atoms with Crippen molar-refractivity contribution in [3.8, 4) is 0 Å². The predicted molar refractivity (Wildman–Crippen MR) is 96.7 cm³/mol. The maximum absolute atomic E-state index is 5.80. The van der Waals surface area contributed by atoms with Crippen molar-refractivity contribution in [2.45, 2.75) is 25.8 Å². The number of nitrogen functional groups attached to an aromatic ring is 1. The predicted octanol–water partition coefficient (Wildman–Crippen LogP) is 1.97. The van der Waals surface area contributed by atoms with Gasteiger partial charge in [-0.05, 0) is 43.8 Å². The molecule has 2 aromatic rings. The van der Waals surface area contributed by atoms with Crippen LogP contribution in [-0.2, 0) is 13.0 Å². The second-order valence-corrected chi connectivity index (χ2v) is 6.71. The Balaban J connectivity index is 1.54. The van der Waals surface area contributed by atoms with Crippen LogP contribution in [0.15, 0.2) is 30.3 Å². The minimum Gasteiger partial charge on any atom is -0.368 e. The van der Waals surface area contributed by atoms with Crippen LogP contribution in [0.5, 0.6) is 0 Å². The quantitative estimate of drug-likeness (QED) is 0.906. The zero-order chi connectivity index (χ0) is 16.9. The molecule has 24 heavy (non-hydrogen) atoms. The van der Waals surface area contributed by atoms with Gasteiger partial charge in [-0.25, -0.2) is 0 Å². The number of piperidine rings is 1. The van der Waals surface area contributed by atoms with Gasteiger partial charge in [-0.1, -0.05) is 30.3 Å². The van der Waals surface area contributed by atoms with E-state index in [-0.39, 0.29) is 0 Å². The Hall–Kier alpha value is -2.21. The molecule has 0 radical (unpaired) electrons. The molecule has 6 nitrogen and oxygen atoms in total. The molecule has 0 saturated carbocycles. The zero-order valence-corrected chi connectivity index (χ0v) is 14.5. The smallest absolute Gasteiger partial charge is 0.229 e. The summed E-state index contributed by atoms with van der Waals surface area (Å²) in [6, 6.07) is 10.8. The average Bonchev–Trinajstić information content (AvgIpc) is 2.57. The van der Waals surface area contributed by atoms with Gasteiger partial charge in [0.2, 0.25) is 11.9 Å². The van der Waals surface area contributed by atoms with Crippen LogP contribution in [0.25, 0.3) is 0 Å². The Bertz CT molecular complexity index is 650. The van der Waals surface area contributed by atoms with Gasteiger partial charge in [-0.3, -0.25) is 4.90 Å². The van der Waals surface area contributed by atoms with E-state index < -0.39 is 0 Å². The first-order valence-corrected chi connectivity index (χ1v) is 8.54. The van der Waals surface area contributed by atoms with E-state index in [4.69, 9.17) is 5.73 Å². The van der Waals surface area contributed by atoms with Crippen LogP contribution in [0.1, 0.15) is 24.2 Å². The molecule has 1 aromatic heterocycles. The van der Waals surface area contributed by atoms with Gasteiger partial charge < -0.3 is 10.6 Å². The number of nitrogens with zero attached hydrogens (tertiary/aromatic N) is 5. The molecule has 0 aliphatic carbocycles. The van der Waals surface area contributed by atoms with Crippen molar-refractivity contribution >= 4 is 11.9 Å². The van der Waals surface area contributed by atoms with Gasteiger partial charge in [0, 0.05) is 14.1 Å². The van der Waals surface area contributed by atoms with E-state index in [1.165, 1.54) is 24.8 Å². The summed E-state index contributed by atoms with van der Waals surface area (Å²) in [6.45, 7) is 2.91. The number of benzene rings is 1. The molecule has 0 amide bonds. The van der Waals surface area contributed by atoms with E-state index in [0.717, 1.165) is 31.4 Å². The van der Waals surface area contributed by atoms with Gasteiger partial charge in [0.15, 0.2) is 0 Å². The third-order valence-electron chi connectivity index (χ3n) is 4.53. The summed E-state index contributed by atoms with van der Waals surface area (Å²) in [5.41, 5.74) is 7.24. The Kier molecular flexibility index (Phi) is 5.25. The normalized spacial score (nSPS) is 16.2. The summed E-state index contributed by atoms with van der Waals surface area (Å²) in [5, 5.41) is 0. The average molecular weight is 326 g/mol. The lowest BCUT2D eigenvalue weighted by molar-refractivity contribution is 0.173. The van der Waals surface area contributed by atoms with Gasteiger partial charge >= 0.3 is 0 Å². The molecule has 1 saturated heterocycles. The van der Waals surface area contributed by atoms with Crippen molar-refractivity contribution in [1.82, 2.24) is 19.9 Å². The monoisotopic (exact) mass is 326 g/mol. The van der Waals surface area contributed by atoms with Gasteiger partial charge in [0.1, 0.15) is 5.82 Å². The number of hydrogen-bond donors (Lipinski definition) is 1. The van der Waals surface area contributed by atoms with Crippen LogP contribution >= 0.6 is 0 Å². The van der Waals surface area contributed by atoms with Gasteiger partial charge in [0.25, 0.3) is 0 Å². The lowest BCUT2D eigenvalue weighted by Crippen LogP contribution is -2.34. The van der Waals surface area contributed by atoms with E-state index in [0.29, 0.717) is 11.9 Å². The largest absolute Gasteiger partial charge is 0.368 e. The summed E-state index contributed by atoms with van der Waals surface area (Å²) in [5.74, 6) is 2.44. The Morgan fingerprint density at radius 1 is 1.08 bits per heavy atom. The molecular formula is C18H26N6. The minimum absolute atomic E-state index is 0.294. The maximum Gasteiger partial charge on any atom is 0.229 e. The van der Waals surface area contributed by atoms with Crippen molar-refractivity contribution in [2.75, 3.05) is 37.8 Å². The summed E-state index contributed by atoms with van der Waals surface area (Å²) in [6.07, 6.45) is 3.62. The highest BCUT2D eigenvalue weighted by atomic mass is 15.3. The fourth-order valence-corrected chi connectivity index (χ4v) is 3.19. The molecule has 1 fully saturated rings. The molecule has 6 heteroatoms. The minimum atomic E-state index is 0.294. The van der Waals surface area contributed by atoms with Crippen LogP contribution in [-0.4, -0.2) is 47.0 Å². The van der Waals surface area contributed by atoms with E-state index in [9.17, 15) is 0 Å². The van der Waals surface area contributed by atoms with E-state index in [2.05, 4.69) is 50.2 Å². The number of hydrogen-bond acceptors (Lipinski definition) is 6. The zero-order valence-electron chi connectivity index (χ0n) is 14.5. The first-order valence-electron chi connectivity index (χ1n) is 8.54. The lowest BCUT2D eigenvalue weighted by atomic mass is 9.90. The molecule has 3 rings (SSSR count). The summed E-state index contributed by atoms with van der Waals surface area (Å²) < 4.78 is 0. The summed E-state index contributed by atoms with van der Waals surface area (Å²) >= 11 is 0. The fourth-order valence-electron chi connectivity index (χ4n) is 3.19. The third kappa shape index (κ3) is 4.41. The van der Waals surface area contributed by atoms with Gasteiger partial charge in [-0.15, -0.1) is 0 Å². The van der Waals surface area contributed by atoms with Crippen molar-refractivity contribution in [3.05, 3.63) is 41.7 Å². The Morgan fingerprint density at radius 2 is 1.79 bits per heavy atom. The van der Waals surface area contributed by atoms with Crippen LogP contribution in [0.2, 0.25) is 0 Å². The fraction of sp³-hybridized carbons (Fsp3) is 0.500. The molecular weight excluding hydrogens is 300 g/mol. The van der Waals surface area contributed by atoms with Crippen molar-refractivity contribution in [3.63, 3.8) is 0 Å². The second kappa shape index (κ2) is 7.57. The number of anilines is 2. The van der Waals surface area contributed by atoms with Crippen LogP contribution in [0.4, 0.5) is 11.9 Å². The molecule has 0 spiro atoms. The molecule has 0 bridgehead atoms. The highest BCUT2D eigenvalue weighted by Gasteiger charge is 2.20.